The van der Waals surface area contributed by atoms with E-state index in [0.29, 0.717) is 17.4 Å². The molecule has 1 saturated carbocycles. The van der Waals surface area contributed by atoms with E-state index < -0.39 is 0 Å². The van der Waals surface area contributed by atoms with E-state index in [1.54, 1.807) is 19.2 Å². The van der Waals surface area contributed by atoms with Gasteiger partial charge in [0.15, 0.2) is 5.76 Å². The summed E-state index contributed by atoms with van der Waals surface area (Å²) in [6, 6.07) is 20.7. The topological polar surface area (TPSA) is 51.9 Å². The zero-order valence-electron chi connectivity index (χ0n) is 16.7. The molecule has 0 radical (unpaired) electrons. The average Bonchev–Trinajstić information content (AvgIpc) is 3.51. The summed E-state index contributed by atoms with van der Waals surface area (Å²) in [6.07, 6.45) is 2.30. The number of para-hydroxylation sites is 1. The highest BCUT2D eigenvalue weighted by molar-refractivity contribution is 6.04. The maximum absolute atomic E-state index is 13.3. The number of ether oxygens (including phenoxy) is 2. The van der Waals surface area contributed by atoms with Crippen LogP contribution in [0.4, 0.5) is 5.69 Å². The van der Waals surface area contributed by atoms with E-state index in [4.69, 9.17) is 13.9 Å². The fraction of sp³-hybridized carbons (Fsp3) is 0.292. The predicted octanol–water partition coefficient (Wildman–Crippen LogP) is 5.31. The first-order valence-corrected chi connectivity index (χ1v) is 9.90. The minimum absolute atomic E-state index is 0.102. The number of benzene rings is 2. The number of hydrogen-bond acceptors (Lipinski definition) is 4. The van der Waals surface area contributed by atoms with Crippen LogP contribution in [0.2, 0.25) is 0 Å². The molecule has 1 amide bonds. The number of nitrogens with zero attached hydrogens (tertiary/aromatic N) is 1. The van der Waals surface area contributed by atoms with E-state index in [0.717, 1.165) is 30.0 Å². The molecular formula is C24H25NO4. The molecule has 0 bridgehead atoms. The van der Waals surface area contributed by atoms with Crippen LogP contribution in [0.1, 0.15) is 36.1 Å². The van der Waals surface area contributed by atoms with Crippen molar-refractivity contribution in [2.75, 3.05) is 12.0 Å². The van der Waals surface area contributed by atoms with Crippen LogP contribution < -0.4 is 14.4 Å². The Kier molecular flexibility index (Phi) is 5.56. The summed E-state index contributed by atoms with van der Waals surface area (Å²) < 4.78 is 16.8. The van der Waals surface area contributed by atoms with Crippen molar-refractivity contribution >= 4 is 11.6 Å². The van der Waals surface area contributed by atoms with E-state index in [2.05, 4.69) is 6.92 Å². The minimum atomic E-state index is -0.138. The molecule has 2 aromatic carbocycles. The lowest BCUT2D eigenvalue weighted by Gasteiger charge is -2.29. The second-order valence-corrected chi connectivity index (χ2v) is 7.32. The highest BCUT2D eigenvalue weighted by Crippen LogP contribution is 2.38. The van der Waals surface area contributed by atoms with Gasteiger partial charge in [-0.05, 0) is 74.2 Å². The zero-order chi connectivity index (χ0) is 20.2. The van der Waals surface area contributed by atoms with Crippen LogP contribution in [-0.4, -0.2) is 19.1 Å². The normalized spacial score (nSPS) is 14.3. The number of carbonyl (C=O) groups excluding carboxylic acids is 1. The molecule has 4 rings (SSSR count). The number of carbonyl (C=O) groups is 1. The molecule has 0 unspecified atom stereocenters. The molecule has 0 N–H and O–H groups in total. The van der Waals surface area contributed by atoms with E-state index >= 15 is 0 Å². The van der Waals surface area contributed by atoms with Crippen molar-refractivity contribution in [2.45, 2.75) is 32.4 Å². The summed E-state index contributed by atoms with van der Waals surface area (Å²) >= 11 is 0. The van der Waals surface area contributed by atoms with Crippen LogP contribution in [0.25, 0.3) is 0 Å². The summed E-state index contributed by atoms with van der Waals surface area (Å²) in [7, 11) is 1.63. The second-order valence-electron chi connectivity index (χ2n) is 7.32. The first-order chi connectivity index (χ1) is 14.2. The van der Waals surface area contributed by atoms with Gasteiger partial charge in [-0.2, -0.15) is 0 Å². The largest absolute Gasteiger partial charge is 0.497 e. The van der Waals surface area contributed by atoms with Gasteiger partial charge in [0.25, 0.3) is 5.91 Å². The van der Waals surface area contributed by atoms with Crippen molar-refractivity contribution in [3.8, 4) is 11.5 Å². The first kappa shape index (κ1) is 19.1. The first-order valence-electron chi connectivity index (χ1n) is 9.90. The Hall–Kier alpha value is -3.21. The summed E-state index contributed by atoms with van der Waals surface area (Å²) in [5.74, 6) is 2.85. The van der Waals surface area contributed by atoms with Gasteiger partial charge in [0, 0.05) is 11.7 Å². The molecule has 1 aromatic heterocycles. The molecule has 1 aliphatic rings. The standard InChI is InChI=1S/C24H25NO4/c1-17(18-8-9-18)25(19-10-12-20(27-2)13-11-19)24(26)23-15-14-22(29-23)16-28-21-6-4-3-5-7-21/h3-7,10-15,17-18H,8-9,16H2,1-2H3/t17-/m0/s1. The number of methoxy groups -OCH3 is 1. The third-order valence-electron chi connectivity index (χ3n) is 5.28. The van der Waals surface area contributed by atoms with Gasteiger partial charge in [-0.25, -0.2) is 0 Å². The molecule has 150 valence electrons. The van der Waals surface area contributed by atoms with Gasteiger partial charge < -0.3 is 18.8 Å². The molecular weight excluding hydrogens is 366 g/mol. The van der Waals surface area contributed by atoms with Crippen LogP contribution in [0.3, 0.4) is 0 Å². The maximum atomic E-state index is 13.3. The molecule has 5 nitrogen and oxygen atoms in total. The Balaban J connectivity index is 1.52. The van der Waals surface area contributed by atoms with Crippen molar-refractivity contribution in [2.24, 2.45) is 5.92 Å². The van der Waals surface area contributed by atoms with E-state index in [-0.39, 0.29) is 18.6 Å². The Morgan fingerprint density at radius 3 is 2.41 bits per heavy atom. The Labute approximate surface area is 170 Å². The van der Waals surface area contributed by atoms with Crippen LogP contribution in [0.5, 0.6) is 11.5 Å². The van der Waals surface area contributed by atoms with Crippen molar-refractivity contribution < 1.29 is 18.7 Å². The van der Waals surface area contributed by atoms with Gasteiger partial charge in [-0.1, -0.05) is 18.2 Å². The van der Waals surface area contributed by atoms with Gasteiger partial charge in [-0.3, -0.25) is 4.79 Å². The maximum Gasteiger partial charge on any atom is 0.294 e. The second kappa shape index (κ2) is 8.43. The van der Waals surface area contributed by atoms with Crippen LogP contribution in [0.15, 0.2) is 71.1 Å². The minimum Gasteiger partial charge on any atom is -0.497 e. The molecule has 1 heterocycles. The monoisotopic (exact) mass is 391 g/mol. The third-order valence-corrected chi connectivity index (χ3v) is 5.28. The molecule has 1 aliphatic carbocycles. The van der Waals surface area contributed by atoms with E-state index in [1.807, 2.05) is 59.5 Å². The molecule has 0 saturated heterocycles. The zero-order valence-corrected chi connectivity index (χ0v) is 16.7. The van der Waals surface area contributed by atoms with Gasteiger partial charge in [0.05, 0.1) is 7.11 Å². The van der Waals surface area contributed by atoms with Gasteiger partial charge in [0.1, 0.15) is 23.9 Å². The molecule has 5 heteroatoms. The number of amides is 1. The van der Waals surface area contributed by atoms with Crippen LogP contribution in [0, 0.1) is 5.92 Å². The molecule has 0 spiro atoms. The molecule has 29 heavy (non-hydrogen) atoms. The summed E-state index contributed by atoms with van der Waals surface area (Å²) in [4.78, 5) is 15.2. The number of rotatable bonds is 8. The smallest absolute Gasteiger partial charge is 0.294 e. The molecule has 1 fully saturated rings. The highest BCUT2D eigenvalue weighted by atomic mass is 16.5. The van der Waals surface area contributed by atoms with Crippen LogP contribution >= 0.6 is 0 Å². The van der Waals surface area contributed by atoms with Crippen molar-refractivity contribution in [3.63, 3.8) is 0 Å². The van der Waals surface area contributed by atoms with Crippen molar-refractivity contribution in [1.29, 1.82) is 0 Å². The summed E-state index contributed by atoms with van der Waals surface area (Å²) in [5.41, 5.74) is 0.841. The lowest BCUT2D eigenvalue weighted by Crippen LogP contribution is -2.40. The lowest BCUT2D eigenvalue weighted by molar-refractivity contribution is 0.0944. The Bertz CT molecular complexity index is 945. The Morgan fingerprint density at radius 1 is 1.03 bits per heavy atom. The lowest BCUT2D eigenvalue weighted by atomic mass is 10.1. The fourth-order valence-corrected chi connectivity index (χ4v) is 3.43. The highest BCUT2D eigenvalue weighted by Gasteiger charge is 2.36. The van der Waals surface area contributed by atoms with Gasteiger partial charge in [0.2, 0.25) is 0 Å². The van der Waals surface area contributed by atoms with Gasteiger partial charge >= 0.3 is 0 Å². The fourth-order valence-electron chi connectivity index (χ4n) is 3.43. The molecule has 1 atom stereocenters. The summed E-state index contributed by atoms with van der Waals surface area (Å²) in [6.45, 7) is 2.38. The van der Waals surface area contributed by atoms with E-state index in [9.17, 15) is 4.79 Å². The number of anilines is 1. The predicted molar refractivity (Wildman–Crippen MR) is 111 cm³/mol. The van der Waals surface area contributed by atoms with Crippen molar-refractivity contribution in [3.05, 3.63) is 78.3 Å². The quantitative estimate of drug-likeness (QED) is 0.522. The summed E-state index contributed by atoms with van der Waals surface area (Å²) in [5, 5.41) is 0. The average molecular weight is 391 g/mol. The molecule has 3 aromatic rings. The third kappa shape index (κ3) is 4.45. The Morgan fingerprint density at radius 2 is 1.76 bits per heavy atom. The van der Waals surface area contributed by atoms with Crippen LogP contribution in [-0.2, 0) is 6.61 Å². The SMILES string of the molecule is COc1ccc(N(C(=O)c2ccc(COc3ccccc3)o2)[C@@H](C)C2CC2)cc1. The number of hydrogen-bond donors (Lipinski definition) is 0. The number of furan rings is 1. The molecule has 0 aliphatic heterocycles. The van der Waals surface area contributed by atoms with E-state index in [1.165, 1.54) is 0 Å². The van der Waals surface area contributed by atoms with Crippen molar-refractivity contribution in [1.82, 2.24) is 0 Å². The van der Waals surface area contributed by atoms with Gasteiger partial charge in [-0.15, -0.1) is 0 Å².